The van der Waals surface area contributed by atoms with Crippen LogP contribution in [0.4, 0.5) is 18.9 Å². The van der Waals surface area contributed by atoms with E-state index in [9.17, 15) is 26.4 Å². The quantitative estimate of drug-likeness (QED) is 0.747. The van der Waals surface area contributed by atoms with Gasteiger partial charge >= 0.3 is 6.18 Å². The predicted molar refractivity (Wildman–Crippen MR) is 96.7 cm³/mol. The van der Waals surface area contributed by atoms with Gasteiger partial charge in [-0.15, -0.1) is 0 Å². The van der Waals surface area contributed by atoms with Gasteiger partial charge in [-0.1, -0.05) is 29.3 Å². The van der Waals surface area contributed by atoms with Crippen molar-refractivity contribution < 1.29 is 26.4 Å². The summed E-state index contributed by atoms with van der Waals surface area (Å²) < 4.78 is 64.3. The topological polar surface area (TPSA) is 66.5 Å². The van der Waals surface area contributed by atoms with Crippen molar-refractivity contribution in [3.63, 3.8) is 0 Å². The Hall–Kier alpha value is -1.97. The third-order valence-electron chi connectivity index (χ3n) is 3.33. The van der Waals surface area contributed by atoms with Crippen molar-refractivity contribution >= 4 is 44.8 Å². The Morgan fingerprint density at radius 3 is 2.37 bits per heavy atom. The number of nitrogens with one attached hydrogen (secondary N) is 1. The van der Waals surface area contributed by atoms with E-state index in [0.717, 1.165) is 19.2 Å². The van der Waals surface area contributed by atoms with E-state index in [0.29, 0.717) is 4.90 Å². The summed E-state index contributed by atoms with van der Waals surface area (Å²) in [4.78, 5) is 12.4. The number of halogens is 5. The van der Waals surface area contributed by atoms with Crippen LogP contribution in [-0.4, -0.2) is 39.0 Å². The molecule has 0 aromatic heterocycles. The molecule has 0 saturated heterocycles. The molecule has 0 bridgehead atoms. The highest BCUT2D eigenvalue weighted by Crippen LogP contribution is 2.26. The molecule has 146 valence electrons. The van der Waals surface area contributed by atoms with Crippen LogP contribution in [0.25, 0.3) is 0 Å². The van der Waals surface area contributed by atoms with Crippen LogP contribution in [0, 0.1) is 0 Å². The molecule has 27 heavy (non-hydrogen) atoms. The van der Waals surface area contributed by atoms with Crippen molar-refractivity contribution in [1.29, 1.82) is 0 Å². The summed E-state index contributed by atoms with van der Waals surface area (Å²) in [5, 5.41) is 0.216. The Bertz CT molecular complexity index is 966. The minimum absolute atomic E-state index is 0.00679. The molecule has 2 rings (SSSR count). The summed E-state index contributed by atoms with van der Waals surface area (Å²) >= 11 is 11.6. The first kappa shape index (κ1) is 21.3. The number of nitrogens with zero attached hydrogens (tertiary/aromatic N) is 1. The minimum atomic E-state index is -4.54. The zero-order valence-corrected chi connectivity index (χ0v) is 16.0. The van der Waals surface area contributed by atoms with Crippen molar-refractivity contribution in [1.82, 2.24) is 4.90 Å². The number of benzene rings is 2. The second kappa shape index (κ2) is 7.95. The summed E-state index contributed by atoms with van der Waals surface area (Å²) in [5.41, 5.74) is -0.0941. The standard InChI is InChI=1S/C16H13Cl2F3N2O3S/c1-23(9-16(19,20)21)15(24)10-3-2-4-11(7-10)22-27(25,26)12-5-6-13(17)14(18)8-12/h2-8,22H,9H2,1H3. The van der Waals surface area contributed by atoms with E-state index in [1.807, 2.05) is 0 Å². The molecule has 11 heteroatoms. The van der Waals surface area contributed by atoms with Gasteiger partial charge in [0.15, 0.2) is 0 Å². The average Bonchev–Trinajstić information content (AvgIpc) is 2.54. The molecule has 0 radical (unpaired) electrons. The van der Waals surface area contributed by atoms with Gasteiger partial charge in [-0.05, 0) is 36.4 Å². The first-order chi connectivity index (χ1) is 12.4. The van der Waals surface area contributed by atoms with Crippen LogP contribution in [0.5, 0.6) is 0 Å². The van der Waals surface area contributed by atoms with Crippen molar-refractivity contribution in [3.8, 4) is 0 Å². The summed E-state index contributed by atoms with van der Waals surface area (Å²) in [6, 6.07) is 8.83. The maximum Gasteiger partial charge on any atom is 0.406 e. The average molecular weight is 441 g/mol. The second-order valence-electron chi connectivity index (χ2n) is 5.54. The Kier molecular flexibility index (Phi) is 6.28. The Morgan fingerprint density at radius 2 is 1.78 bits per heavy atom. The first-order valence-electron chi connectivity index (χ1n) is 7.29. The molecule has 1 amide bonds. The van der Waals surface area contributed by atoms with E-state index >= 15 is 0 Å². The molecule has 0 saturated carbocycles. The van der Waals surface area contributed by atoms with Crippen LogP contribution >= 0.6 is 23.2 Å². The van der Waals surface area contributed by atoms with Crippen molar-refractivity contribution in [2.75, 3.05) is 18.3 Å². The lowest BCUT2D eigenvalue weighted by Gasteiger charge is -2.19. The van der Waals surface area contributed by atoms with Crippen LogP contribution in [-0.2, 0) is 10.0 Å². The molecule has 2 aromatic rings. The summed E-state index contributed by atoms with van der Waals surface area (Å²) in [6.45, 7) is -1.43. The van der Waals surface area contributed by atoms with Crippen LogP contribution < -0.4 is 4.72 Å². The lowest BCUT2D eigenvalue weighted by molar-refractivity contribution is -0.138. The van der Waals surface area contributed by atoms with E-state index < -0.39 is 28.7 Å². The zero-order valence-electron chi connectivity index (χ0n) is 13.7. The number of alkyl halides is 3. The van der Waals surface area contributed by atoms with Gasteiger partial charge in [-0.3, -0.25) is 9.52 Å². The van der Waals surface area contributed by atoms with Crippen LogP contribution in [0.2, 0.25) is 10.0 Å². The molecule has 0 aliphatic carbocycles. The predicted octanol–water partition coefficient (Wildman–Crippen LogP) is 4.43. The fourth-order valence-corrected chi connectivity index (χ4v) is 3.57. The Morgan fingerprint density at radius 1 is 1.11 bits per heavy atom. The lowest BCUT2D eigenvalue weighted by Crippen LogP contribution is -2.35. The van der Waals surface area contributed by atoms with Crippen LogP contribution in [0.1, 0.15) is 10.4 Å². The van der Waals surface area contributed by atoms with Gasteiger partial charge in [-0.2, -0.15) is 13.2 Å². The van der Waals surface area contributed by atoms with Gasteiger partial charge < -0.3 is 4.90 Å². The summed E-state index contributed by atoms with van der Waals surface area (Å²) in [7, 11) is -3.04. The molecule has 0 fully saturated rings. The number of amides is 1. The van der Waals surface area contributed by atoms with Gasteiger partial charge in [-0.25, -0.2) is 8.42 Å². The third kappa shape index (κ3) is 5.75. The van der Waals surface area contributed by atoms with E-state index in [2.05, 4.69) is 4.72 Å². The largest absolute Gasteiger partial charge is 0.406 e. The monoisotopic (exact) mass is 440 g/mol. The zero-order chi connectivity index (χ0) is 20.4. The molecule has 0 aliphatic heterocycles. The number of rotatable bonds is 5. The number of sulfonamides is 1. The molecule has 0 aliphatic rings. The Labute approximate surface area is 163 Å². The molecular weight excluding hydrogens is 428 g/mol. The van der Waals surface area contributed by atoms with Crippen molar-refractivity contribution in [2.24, 2.45) is 0 Å². The molecule has 0 atom stereocenters. The maximum absolute atomic E-state index is 12.4. The van der Waals surface area contributed by atoms with Gasteiger partial charge in [0.25, 0.3) is 15.9 Å². The molecular formula is C16H13Cl2F3N2O3S. The highest BCUT2D eigenvalue weighted by molar-refractivity contribution is 7.92. The van der Waals surface area contributed by atoms with Crippen molar-refractivity contribution in [3.05, 3.63) is 58.1 Å². The minimum Gasteiger partial charge on any atom is -0.333 e. The number of anilines is 1. The van der Waals surface area contributed by atoms with Gasteiger partial charge in [0.2, 0.25) is 0 Å². The van der Waals surface area contributed by atoms with E-state index in [-0.39, 0.29) is 26.2 Å². The number of carbonyl (C=O) groups excluding carboxylic acids is 1. The van der Waals surface area contributed by atoms with Gasteiger partial charge in [0, 0.05) is 18.3 Å². The third-order valence-corrected chi connectivity index (χ3v) is 5.44. The van der Waals surface area contributed by atoms with E-state index in [4.69, 9.17) is 23.2 Å². The Balaban J connectivity index is 2.24. The van der Waals surface area contributed by atoms with Gasteiger partial charge in [0.05, 0.1) is 14.9 Å². The van der Waals surface area contributed by atoms with Crippen molar-refractivity contribution in [2.45, 2.75) is 11.1 Å². The van der Waals surface area contributed by atoms with Crippen LogP contribution in [0.3, 0.4) is 0 Å². The normalized spacial score (nSPS) is 11.9. The van der Waals surface area contributed by atoms with E-state index in [1.54, 1.807) is 0 Å². The molecule has 0 spiro atoms. The number of hydrogen-bond acceptors (Lipinski definition) is 3. The van der Waals surface area contributed by atoms with Crippen LogP contribution in [0.15, 0.2) is 47.4 Å². The number of carbonyl (C=O) groups is 1. The molecule has 0 heterocycles. The molecule has 0 unspecified atom stereocenters. The lowest BCUT2D eigenvalue weighted by atomic mass is 10.2. The summed E-state index contributed by atoms with van der Waals surface area (Å²) in [6.07, 6.45) is -4.54. The molecule has 2 aromatic carbocycles. The highest BCUT2D eigenvalue weighted by atomic mass is 35.5. The second-order valence-corrected chi connectivity index (χ2v) is 8.04. The molecule has 1 N–H and O–H groups in total. The maximum atomic E-state index is 12.4. The first-order valence-corrected chi connectivity index (χ1v) is 9.53. The smallest absolute Gasteiger partial charge is 0.333 e. The SMILES string of the molecule is CN(CC(F)(F)F)C(=O)c1cccc(NS(=O)(=O)c2ccc(Cl)c(Cl)c2)c1. The fourth-order valence-electron chi connectivity index (χ4n) is 2.13. The van der Waals surface area contributed by atoms with Gasteiger partial charge in [0.1, 0.15) is 6.54 Å². The summed E-state index contributed by atoms with van der Waals surface area (Å²) in [5.74, 6) is -0.900. The fraction of sp³-hybridized carbons (Fsp3) is 0.188. The number of hydrogen-bond donors (Lipinski definition) is 1. The molecule has 5 nitrogen and oxygen atoms in total. The highest BCUT2D eigenvalue weighted by Gasteiger charge is 2.31. The van der Waals surface area contributed by atoms with E-state index in [1.165, 1.54) is 30.3 Å².